The van der Waals surface area contributed by atoms with Crippen molar-refractivity contribution in [2.75, 3.05) is 26.2 Å². The average Bonchev–Trinajstić information content (AvgIpc) is 2.33. The van der Waals surface area contributed by atoms with Crippen molar-refractivity contribution in [2.45, 2.75) is 38.3 Å². The first kappa shape index (κ1) is 15.1. The van der Waals surface area contributed by atoms with Crippen molar-refractivity contribution in [1.82, 2.24) is 9.80 Å². The van der Waals surface area contributed by atoms with Crippen molar-refractivity contribution in [1.29, 1.82) is 0 Å². The summed E-state index contributed by atoms with van der Waals surface area (Å²) in [6.45, 7) is 1.56. The zero-order chi connectivity index (χ0) is 14.8. The van der Waals surface area contributed by atoms with Gasteiger partial charge in [0.25, 0.3) is 0 Å². The molecule has 7 heteroatoms. The Bertz CT molecular complexity index is 372. The van der Waals surface area contributed by atoms with Crippen LogP contribution < -0.4 is 0 Å². The van der Waals surface area contributed by atoms with Gasteiger partial charge >= 0.3 is 6.18 Å². The molecular formula is C13H19F3N2O2. The minimum atomic E-state index is -4.29. The Morgan fingerprint density at radius 3 is 2.00 bits per heavy atom. The molecule has 1 heterocycles. The third-order valence-corrected chi connectivity index (χ3v) is 4.02. The van der Waals surface area contributed by atoms with Crippen LogP contribution in [0.5, 0.6) is 0 Å². The minimum Gasteiger partial charge on any atom is -0.339 e. The van der Waals surface area contributed by atoms with E-state index in [9.17, 15) is 22.8 Å². The lowest BCUT2D eigenvalue weighted by Gasteiger charge is -2.38. The van der Waals surface area contributed by atoms with Gasteiger partial charge in [-0.1, -0.05) is 6.42 Å². The molecule has 0 atom stereocenters. The molecule has 1 aliphatic heterocycles. The molecule has 1 saturated heterocycles. The van der Waals surface area contributed by atoms with Gasteiger partial charge in [-0.3, -0.25) is 9.59 Å². The topological polar surface area (TPSA) is 40.6 Å². The molecule has 4 nitrogen and oxygen atoms in total. The van der Waals surface area contributed by atoms with E-state index in [1.807, 2.05) is 0 Å². The van der Waals surface area contributed by atoms with Crippen LogP contribution in [0.3, 0.4) is 0 Å². The van der Waals surface area contributed by atoms with E-state index in [2.05, 4.69) is 0 Å². The maximum absolute atomic E-state index is 12.1. The Kier molecular flexibility index (Phi) is 4.55. The van der Waals surface area contributed by atoms with Gasteiger partial charge in [-0.25, -0.2) is 0 Å². The number of nitrogens with zero attached hydrogens (tertiary/aromatic N) is 2. The number of halogens is 3. The molecule has 1 saturated carbocycles. The molecule has 0 radical (unpaired) electrons. The quantitative estimate of drug-likeness (QED) is 0.796. The Labute approximate surface area is 115 Å². The van der Waals surface area contributed by atoms with Crippen molar-refractivity contribution < 1.29 is 22.8 Å². The third kappa shape index (κ3) is 3.86. The number of hydrogen-bond donors (Lipinski definition) is 0. The summed E-state index contributed by atoms with van der Waals surface area (Å²) >= 11 is 0. The van der Waals surface area contributed by atoms with Crippen LogP contribution in [-0.2, 0) is 9.59 Å². The second-order valence-electron chi connectivity index (χ2n) is 5.45. The SMILES string of the molecule is O=C(CCC(F)(F)F)N1CCN(C(=O)C2CCC2)CC1. The molecule has 20 heavy (non-hydrogen) atoms. The second kappa shape index (κ2) is 6.01. The highest BCUT2D eigenvalue weighted by molar-refractivity contribution is 5.80. The fourth-order valence-electron chi connectivity index (χ4n) is 2.50. The smallest absolute Gasteiger partial charge is 0.339 e. The van der Waals surface area contributed by atoms with Gasteiger partial charge in [0.2, 0.25) is 11.8 Å². The summed E-state index contributed by atoms with van der Waals surface area (Å²) in [6.07, 6.45) is -2.91. The van der Waals surface area contributed by atoms with Crippen molar-refractivity contribution in [3.8, 4) is 0 Å². The van der Waals surface area contributed by atoms with E-state index in [1.165, 1.54) is 4.90 Å². The summed E-state index contributed by atoms with van der Waals surface area (Å²) in [7, 11) is 0. The normalized spacial score (nSPS) is 20.8. The molecule has 0 N–H and O–H groups in total. The first-order chi connectivity index (χ1) is 9.37. The van der Waals surface area contributed by atoms with E-state index in [1.54, 1.807) is 4.90 Å². The van der Waals surface area contributed by atoms with Crippen LogP contribution in [0.25, 0.3) is 0 Å². The van der Waals surface area contributed by atoms with E-state index in [-0.39, 0.29) is 11.8 Å². The fourth-order valence-corrected chi connectivity index (χ4v) is 2.50. The Balaban J connectivity index is 1.73. The lowest BCUT2D eigenvalue weighted by molar-refractivity contribution is -0.151. The molecule has 0 aromatic carbocycles. The molecule has 0 spiro atoms. The molecular weight excluding hydrogens is 273 g/mol. The first-order valence-electron chi connectivity index (χ1n) is 7.00. The lowest BCUT2D eigenvalue weighted by Crippen LogP contribution is -2.52. The van der Waals surface area contributed by atoms with Crippen LogP contribution in [0.1, 0.15) is 32.1 Å². The summed E-state index contributed by atoms with van der Waals surface area (Å²) in [5.74, 6) is -0.209. The first-order valence-corrected chi connectivity index (χ1v) is 7.00. The number of hydrogen-bond acceptors (Lipinski definition) is 2. The summed E-state index contributed by atoms with van der Waals surface area (Å²) in [5, 5.41) is 0. The number of alkyl halides is 3. The highest BCUT2D eigenvalue weighted by Crippen LogP contribution is 2.28. The second-order valence-corrected chi connectivity index (χ2v) is 5.45. The van der Waals surface area contributed by atoms with Gasteiger partial charge < -0.3 is 9.80 Å². The van der Waals surface area contributed by atoms with Gasteiger partial charge in [-0.2, -0.15) is 13.2 Å². The van der Waals surface area contributed by atoms with Crippen LogP contribution in [0.2, 0.25) is 0 Å². The Morgan fingerprint density at radius 2 is 1.55 bits per heavy atom. The largest absolute Gasteiger partial charge is 0.389 e. The third-order valence-electron chi connectivity index (χ3n) is 4.02. The molecule has 1 aliphatic carbocycles. The summed E-state index contributed by atoms with van der Waals surface area (Å²) in [5.41, 5.74) is 0. The zero-order valence-electron chi connectivity index (χ0n) is 11.3. The van der Waals surface area contributed by atoms with Crippen LogP contribution in [0.4, 0.5) is 13.2 Å². The van der Waals surface area contributed by atoms with E-state index >= 15 is 0 Å². The molecule has 0 unspecified atom stereocenters. The Morgan fingerprint density at radius 1 is 1.00 bits per heavy atom. The predicted octanol–water partition coefficient (Wildman–Crippen LogP) is 1.80. The van der Waals surface area contributed by atoms with Crippen molar-refractivity contribution in [2.24, 2.45) is 5.92 Å². The molecule has 2 fully saturated rings. The maximum Gasteiger partial charge on any atom is 0.389 e. The van der Waals surface area contributed by atoms with Crippen LogP contribution in [-0.4, -0.2) is 54.0 Å². The van der Waals surface area contributed by atoms with Gasteiger partial charge in [0, 0.05) is 38.5 Å². The van der Waals surface area contributed by atoms with Crippen molar-refractivity contribution >= 4 is 11.8 Å². The molecule has 0 bridgehead atoms. The molecule has 0 aromatic heterocycles. The Hall–Kier alpha value is -1.27. The van der Waals surface area contributed by atoms with E-state index in [0.717, 1.165) is 19.3 Å². The standard InChI is InChI=1S/C13H19F3N2O2/c14-13(15,16)5-4-11(19)17-6-8-18(9-7-17)12(20)10-2-1-3-10/h10H,1-9H2. The number of piperazine rings is 1. The van der Waals surface area contributed by atoms with Crippen LogP contribution in [0.15, 0.2) is 0 Å². The van der Waals surface area contributed by atoms with Crippen LogP contribution >= 0.6 is 0 Å². The highest BCUT2D eigenvalue weighted by Gasteiger charge is 2.33. The van der Waals surface area contributed by atoms with Gasteiger partial charge in [-0.05, 0) is 12.8 Å². The highest BCUT2D eigenvalue weighted by atomic mass is 19.4. The van der Waals surface area contributed by atoms with E-state index in [4.69, 9.17) is 0 Å². The van der Waals surface area contributed by atoms with Crippen LogP contribution in [0, 0.1) is 5.92 Å². The summed E-state index contributed by atoms with van der Waals surface area (Å²) in [6, 6.07) is 0. The van der Waals surface area contributed by atoms with Gasteiger partial charge in [0.15, 0.2) is 0 Å². The molecule has 114 valence electrons. The van der Waals surface area contributed by atoms with Crippen molar-refractivity contribution in [3.05, 3.63) is 0 Å². The number of carbonyl (C=O) groups excluding carboxylic acids is 2. The molecule has 2 aliphatic rings. The predicted molar refractivity (Wildman–Crippen MR) is 65.8 cm³/mol. The maximum atomic E-state index is 12.1. The zero-order valence-corrected chi connectivity index (χ0v) is 11.3. The summed E-state index contributed by atoms with van der Waals surface area (Å²) in [4.78, 5) is 26.8. The summed E-state index contributed by atoms with van der Waals surface area (Å²) < 4.78 is 36.2. The van der Waals surface area contributed by atoms with Gasteiger partial charge in [0.05, 0.1) is 6.42 Å². The fraction of sp³-hybridized carbons (Fsp3) is 0.846. The molecule has 2 rings (SSSR count). The minimum absolute atomic E-state index is 0.127. The average molecular weight is 292 g/mol. The van der Waals surface area contributed by atoms with E-state index in [0.29, 0.717) is 26.2 Å². The molecule has 2 amide bonds. The number of carbonyl (C=O) groups is 2. The van der Waals surface area contributed by atoms with Crippen molar-refractivity contribution in [3.63, 3.8) is 0 Å². The monoisotopic (exact) mass is 292 g/mol. The number of amides is 2. The number of rotatable bonds is 3. The van der Waals surface area contributed by atoms with Gasteiger partial charge in [-0.15, -0.1) is 0 Å². The van der Waals surface area contributed by atoms with Gasteiger partial charge in [0.1, 0.15) is 0 Å². The molecule has 0 aromatic rings. The van der Waals surface area contributed by atoms with E-state index < -0.39 is 24.9 Å². The lowest BCUT2D eigenvalue weighted by atomic mass is 9.84.